The van der Waals surface area contributed by atoms with Gasteiger partial charge in [0.05, 0.1) is 11.4 Å². The number of β-amino-alcohol motifs (C(OH)–C–C–N with tert-alkyl or cyclic N) is 1. The number of hydrogen-bond acceptors (Lipinski definition) is 5. The van der Waals surface area contributed by atoms with Gasteiger partial charge in [0.2, 0.25) is 10.0 Å². The zero-order chi connectivity index (χ0) is 14.5. The second-order valence-electron chi connectivity index (χ2n) is 6.04. The van der Waals surface area contributed by atoms with E-state index in [1.54, 1.807) is 10.9 Å². The van der Waals surface area contributed by atoms with E-state index in [-0.39, 0.29) is 17.8 Å². The Labute approximate surface area is 118 Å². The van der Waals surface area contributed by atoms with Gasteiger partial charge in [0.15, 0.2) is 0 Å². The van der Waals surface area contributed by atoms with Gasteiger partial charge in [-0.2, -0.15) is 4.31 Å². The molecule has 1 aromatic rings. The average molecular weight is 300 g/mol. The van der Waals surface area contributed by atoms with E-state index in [0.29, 0.717) is 18.7 Å². The van der Waals surface area contributed by atoms with Crippen LogP contribution in [0.2, 0.25) is 0 Å². The number of hydrogen-bond donors (Lipinski definition) is 1. The van der Waals surface area contributed by atoms with Crippen LogP contribution in [0.3, 0.4) is 0 Å². The molecule has 1 aromatic heterocycles. The van der Waals surface area contributed by atoms with Crippen molar-refractivity contribution in [3.8, 4) is 0 Å². The van der Waals surface area contributed by atoms with Gasteiger partial charge in [-0.3, -0.25) is 0 Å². The number of nitrogens with zero attached hydrogens (tertiary/aromatic N) is 4. The van der Waals surface area contributed by atoms with E-state index in [4.69, 9.17) is 0 Å². The van der Waals surface area contributed by atoms with Gasteiger partial charge in [-0.15, -0.1) is 5.10 Å². The molecule has 0 spiro atoms. The highest BCUT2D eigenvalue weighted by Gasteiger charge is 2.48. The van der Waals surface area contributed by atoms with Crippen LogP contribution < -0.4 is 0 Å². The van der Waals surface area contributed by atoms with Crippen molar-refractivity contribution in [3.63, 3.8) is 0 Å². The molecule has 1 aliphatic heterocycles. The fourth-order valence-electron chi connectivity index (χ4n) is 2.50. The molecule has 0 bridgehead atoms. The lowest BCUT2D eigenvalue weighted by atomic mass is 10.00. The molecule has 0 aromatic carbocycles. The van der Waals surface area contributed by atoms with Crippen LogP contribution in [0.1, 0.15) is 44.8 Å². The van der Waals surface area contributed by atoms with E-state index >= 15 is 0 Å². The highest BCUT2D eigenvalue weighted by molar-refractivity contribution is 7.90. The first-order valence-electron chi connectivity index (χ1n) is 6.96. The molecule has 0 amide bonds. The fourth-order valence-corrected chi connectivity index (χ4v) is 4.40. The van der Waals surface area contributed by atoms with Gasteiger partial charge in [-0.25, -0.2) is 13.1 Å². The zero-order valence-corrected chi connectivity index (χ0v) is 12.5. The van der Waals surface area contributed by atoms with Gasteiger partial charge in [0, 0.05) is 19.1 Å². The summed E-state index contributed by atoms with van der Waals surface area (Å²) in [5.74, 6) is 0. The van der Waals surface area contributed by atoms with Crippen LogP contribution in [0.15, 0.2) is 6.20 Å². The van der Waals surface area contributed by atoms with Crippen molar-refractivity contribution >= 4 is 10.0 Å². The maximum atomic E-state index is 12.2. The Balaban J connectivity index is 1.80. The summed E-state index contributed by atoms with van der Waals surface area (Å²) in [6.45, 7) is 4.38. The molecule has 8 heteroatoms. The molecule has 1 N–H and O–H groups in total. The van der Waals surface area contributed by atoms with Gasteiger partial charge in [-0.1, -0.05) is 5.21 Å². The van der Waals surface area contributed by atoms with Crippen molar-refractivity contribution in [1.29, 1.82) is 0 Å². The zero-order valence-electron chi connectivity index (χ0n) is 11.7. The molecule has 20 heavy (non-hydrogen) atoms. The second-order valence-corrected chi connectivity index (χ2v) is 8.25. The fraction of sp³-hybridized carbons (Fsp3) is 0.833. The lowest BCUT2D eigenvalue weighted by Crippen LogP contribution is -2.36. The van der Waals surface area contributed by atoms with Crippen LogP contribution in [0, 0.1) is 0 Å². The van der Waals surface area contributed by atoms with Crippen LogP contribution in [0.5, 0.6) is 0 Å². The number of rotatable bonds is 4. The van der Waals surface area contributed by atoms with Crippen LogP contribution in [0.25, 0.3) is 0 Å². The normalized spacial score (nSPS) is 28.4. The summed E-state index contributed by atoms with van der Waals surface area (Å²) >= 11 is 0. The summed E-state index contributed by atoms with van der Waals surface area (Å²) in [5.41, 5.74) is -0.755. The first-order chi connectivity index (χ1) is 9.33. The molecule has 1 atom stereocenters. The predicted molar refractivity (Wildman–Crippen MR) is 72.4 cm³/mol. The molecule has 7 nitrogen and oxygen atoms in total. The molecular weight excluding hydrogens is 280 g/mol. The first kappa shape index (κ1) is 14.0. The van der Waals surface area contributed by atoms with E-state index < -0.39 is 15.6 Å². The third kappa shape index (κ3) is 2.25. The number of aromatic nitrogens is 3. The van der Waals surface area contributed by atoms with Crippen molar-refractivity contribution in [2.24, 2.45) is 0 Å². The standard InChI is InChI=1S/C12H20N4O3S/c1-9(2)16-7-11(13-14-16)12(17)5-6-15(8-12)20(18,19)10-3-4-10/h7,9-10,17H,3-6,8H2,1-2H3. The summed E-state index contributed by atoms with van der Waals surface area (Å²) in [5, 5.41) is 18.4. The summed E-state index contributed by atoms with van der Waals surface area (Å²) in [7, 11) is -3.24. The smallest absolute Gasteiger partial charge is 0.217 e. The van der Waals surface area contributed by atoms with Crippen LogP contribution in [0.4, 0.5) is 0 Å². The average Bonchev–Trinajstić information content (AvgIpc) is 2.97. The maximum absolute atomic E-state index is 12.2. The Morgan fingerprint density at radius 2 is 2.15 bits per heavy atom. The number of sulfonamides is 1. The molecule has 2 heterocycles. The Hall–Kier alpha value is -0.990. The monoisotopic (exact) mass is 300 g/mol. The van der Waals surface area contributed by atoms with Gasteiger partial charge in [0.25, 0.3) is 0 Å². The van der Waals surface area contributed by atoms with Crippen molar-refractivity contribution in [3.05, 3.63) is 11.9 Å². The molecule has 2 fully saturated rings. The summed E-state index contributed by atoms with van der Waals surface area (Å²) in [6.07, 6.45) is 3.55. The predicted octanol–water partition coefficient (Wildman–Crippen LogP) is 0.244. The molecule has 112 valence electrons. The molecule has 1 saturated carbocycles. The maximum Gasteiger partial charge on any atom is 0.217 e. The first-order valence-corrected chi connectivity index (χ1v) is 8.47. The SMILES string of the molecule is CC(C)n1cc(C2(O)CCN(S(=O)(=O)C3CC3)C2)nn1. The van der Waals surface area contributed by atoms with Crippen molar-refractivity contribution in [1.82, 2.24) is 19.3 Å². The minimum absolute atomic E-state index is 0.0859. The Morgan fingerprint density at radius 3 is 2.70 bits per heavy atom. The Bertz CT molecular complexity index is 608. The van der Waals surface area contributed by atoms with Gasteiger partial charge >= 0.3 is 0 Å². The summed E-state index contributed by atoms with van der Waals surface area (Å²) in [4.78, 5) is 0. The van der Waals surface area contributed by atoms with E-state index in [0.717, 1.165) is 12.8 Å². The third-order valence-electron chi connectivity index (χ3n) is 4.03. The highest BCUT2D eigenvalue weighted by Crippen LogP contribution is 2.37. The largest absolute Gasteiger partial charge is 0.382 e. The lowest BCUT2D eigenvalue weighted by molar-refractivity contribution is 0.0484. The Kier molecular flexibility index (Phi) is 3.15. The van der Waals surface area contributed by atoms with Crippen LogP contribution in [-0.4, -0.2) is 51.2 Å². The second kappa shape index (κ2) is 4.51. The minimum atomic E-state index is -3.24. The molecule has 0 radical (unpaired) electrons. The van der Waals surface area contributed by atoms with Crippen molar-refractivity contribution in [2.45, 2.75) is 50.0 Å². The summed E-state index contributed by atoms with van der Waals surface area (Å²) in [6, 6.07) is 0.160. The molecule has 1 aliphatic carbocycles. The minimum Gasteiger partial charge on any atom is -0.382 e. The topological polar surface area (TPSA) is 88.3 Å². The molecule has 3 rings (SSSR count). The number of aliphatic hydroxyl groups is 1. The van der Waals surface area contributed by atoms with Crippen LogP contribution in [-0.2, 0) is 15.6 Å². The van der Waals surface area contributed by atoms with Crippen molar-refractivity contribution < 1.29 is 13.5 Å². The quantitative estimate of drug-likeness (QED) is 0.861. The molecular formula is C12H20N4O3S. The van der Waals surface area contributed by atoms with Gasteiger partial charge < -0.3 is 5.11 Å². The van der Waals surface area contributed by atoms with E-state index in [1.807, 2.05) is 13.8 Å². The molecule has 2 aliphatic rings. The van der Waals surface area contributed by atoms with Gasteiger partial charge in [0.1, 0.15) is 11.3 Å². The van der Waals surface area contributed by atoms with E-state index in [1.165, 1.54) is 4.31 Å². The van der Waals surface area contributed by atoms with Crippen molar-refractivity contribution in [2.75, 3.05) is 13.1 Å². The molecule has 1 unspecified atom stereocenters. The van der Waals surface area contributed by atoms with Crippen LogP contribution >= 0.6 is 0 Å². The van der Waals surface area contributed by atoms with E-state index in [2.05, 4.69) is 10.3 Å². The van der Waals surface area contributed by atoms with Gasteiger partial charge in [-0.05, 0) is 33.1 Å². The Morgan fingerprint density at radius 1 is 1.45 bits per heavy atom. The molecule has 1 saturated heterocycles. The highest BCUT2D eigenvalue weighted by atomic mass is 32.2. The summed E-state index contributed by atoms with van der Waals surface area (Å²) < 4.78 is 27.5. The third-order valence-corrected chi connectivity index (χ3v) is 6.38. The van der Waals surface area contributed by atoms with E-state index in [9.17, 15) is 13.5 Å². The lowest BCUT2D eigenvalue weighted by Gasteiger charge is -2.20.